The molecule has 3 rings (SSSR count). The summed E-state index contributed by atoms with van der Waals surface area (Å²) in [6, 6.07) is 15.9. The SMILES string of the molecule is CCOC(=O)c1ccccc1NC(=O)COC(=O)c1csc(-c2ccccc2)n1. The summed E-state index contributed by atoms with van der Waals surface area (Å²) < 4.78 is 10.00. The van der Waals surface area contributed by atoms with Gasteiger partial charge in [0.15, 0.2) is 12.3 Å². The normalized spacial score (nSPS) is 10.2. The van der Waals surface area contributed by atoms with Crippen LogP contribution in [0, 0.1) is 0 Å². The van der Waals surface area contributed by atoms with E-state index in [2.05, 4.69) is 10.3 Å². The van der Waals surface area contributed by atoms with Gasteiger partial charge >= 0.3 is 11.9 Å². The van der Waals surface area contributed by atoms with E-state index >= 15 is 0 Å². The van der Waals surface area contributed by atoms with Crippen molar-refractivity contribution in [3.63, 3.8) is 0 Å². The molecule has 1 aromatic heterocycles. The van der Waals surface area contributed by atoms with Crippen molar-refractivity contribution in [1.29, 1.82) is 0 Å². The first kappa shape index (κ1) is 20.2. The van der Waals surface area contributed by atoms with Gasteiger partial charge in [0.1, 0.15) is 5.01 Å². The van der Waals surface area contributed by atoms with Gasteiger partial charge in [0.2, 0.25) is 0 Å². The molecule has 7 nitrogen and oxygen atoms in total. The second-order valence-corrected chi connectivity index (χ2v) is 6.65. The molecular formula is C21H18N2O5S. The molecular weight excluding hydrogens is 392 g/mol. The number of aromatic nitrogens is 1. The summed E-state index contributed by atoms with van der Waals surface area (Å²) in [6.45, 7) is 1.41. The third-order valence-electron chi connectivity index (χ3n) is 3.76. The summed E-state index contributed by atoms with van der Waals surface area (Å²) in [5.74, 6) is -1.82. The third-order valence-corrected chi connectivity index (χ3v) is 4.66. The van der Waals surface area contributed by atoms with Crippen molar-refractivity contribution in [3.8, 4) is 10.6 Å². The number of hydrogen-bond donors (Lipinski definition) is 1. The van der Waals surface area contributed by atoms with Crippen LogP contribution in [0.2, 0.25) is 0 Å². The van der Waals surface area contributed by atoms with Crippen LogP contribution in [-0.2, 0) is 14.3 Å². The van der Waals surface area contributed by atoms with Gasteiger partial charge in [-0.15, -0.1) is 11.3 Å². The number of esters is 2. The smallest absolute Gasteiger partial charge is 0.358 e. The Hall–Kier alpha value is -3.52. The summed E-state index contributed by atoms with van der Waals surface area (Å²) in [5, 5.41) is 4.82. The number of nitrogens with zero attached hydrogens (tertiary/aromatic N) is 1. The number of ether oxygens (including phenoxy) is 2. The number of thiazole rings is 1. The van der Waals surface area contributed by atoms with Crippen molar-refractivity contribution in [1.82, 2.24) is 4.98 Å². The van der Waals surface area contributed by atoms with Crippen LogP contribution < -0.4 is 5.32 Å². The molecule has 0 saturated carbocycles. The standard InChI is InChI=1S/C21H18N2O5S/c1-2-27-20(25)15-10-6-7-11-16(15)22-18(24)12-28-21(26)17-13-29-19(23-17)14-8-4-3-5-9-14/h3-11,13H,2,12H2,1H3,(H,22,24). The highest BCUT2D eigenvalue weighted by Gasteiger charge is 2.17. The maximum atomic E-state index is 12.2. The first-order chi connectivity index (χ1) is 14.1. The Morgan fingerprint density at radius 2 is 1.69 bits per heavy atom. The molecule has 148 valence electrons. The molecule has 0 saturated heterocycles. The van der Waals surface area contributed by atoms with E-state index in [0.29, 0.717) is 5.01 Å². The maximum absolute atomic E-state index is 12.2. The van der Waals surface area contributed by atoms with Gasteiger partial charge in [0, 0.05) is 10.9 Å². The van der Waals surface area contributed by atoms with E-state index in [1.54, 1.807) is 36.6 Å². The Balaban J connectivity index is 1.58. The molecule has 1 N–H and O–H groups in total. The van der Waals surface area contributed by atoms with E-state index in [0.717, 1.165) is 5.56 Å². The molecule has 29 heavy (non-hydrogen) atoms. The zero-order valence-corrected chi connectivity index (χ0v) is 16.4. The molecule has 0 aliphatic carbocycles. The van der Waals surface area contributed by atoms with Crippen molar-refractivity contribution in [2.45, 2.75) is 6.92 Å². The van der Waals surface area contributed by atoms with Crippen LogP contribution in [0.15, 0.2) is 60.0 Å². The van der Waals surface area contributed by atoms with Gasteiger partial charge in [-0.25, -0.2) is 14.6 Å². The molecule has 1 amide bonds. The number of carbonyl (C=O) groups is 3. The largest absolute Gasteiger partial charge is 0.462 e. The fourth-order valence-corrected chi connectivity index (χ4v) is 3.25. The molecule has 0 fully saturated rings. The number of para-hydroxylation sites is 1. The zero-order valence-electron chi connectivity index (χ0n) is 15.6. The minimum Gasteiger partial charge on any atom is -0.462 e. The second kappa shape index (κ2) is 9.61. The van der Waals surface area contributed by atoms with Crippen molar-refractivity contribution in [2.24, 2.45) is 0 Å². The predicted octanol–water partition coefficient (Wildman–Crippen LogP) is 3.78. The second-order valence-electron chi connectivity index (χ2n) is 5.79. The van der Waals surface area contributed by atoms with Gasteiger partial charge in [-0.3, -0.25) is 4.79 Å². The van der Waals surface area contributed by atoms with E-state index in [1.807, 2.05) is 30.3 Å². The highest BCUT2D eigenvalue weighted by molar-refractivity contribution is 7.13. The Morgan fingerprint density at radius 3 is 2.45 bits per heavy atom. The van der Waals surface area contributed by atoms with E-state index in [-0.39, 0.29) is 23.6 Å². The molecule has 0 aliphatic rings. The van der Waals surface area contributed by atoms with Crippen molar-refractivity contribution in [3.05, 3.63) is 71.2 Å². The number of benzene rings is 2. The summed E-state index contributed by atoms with van der Waals surface area (Å²) in [7, 11) is 0. The number of anilines is 1. The fourth-order valence-electron chi connectivity index (χ4n) is 2.45. The first-order valence-electron chi connectivity index (χ1n) is 8.82. The van der Waals surface area contributed by atoms with E-state index in [4.69, 9.17) is 9.47 Å². The summed E-state index contributed by atoms with van der Waals surface area (Å²) >= 11 is 1.31. The van der Waals surface area contributed by atoms with Gasteiger partial charge in [-0.1, -0.05) is 42.5 Å². The number of nitrogens with one attached hydrogen (secondary N) is 1. The topological polar surface area (TPSA) is 94.6 Å². The number of amides is 1. The maximum Gasteiger partial charge on any atom is 0.358 e. The quantitative estimate of drug-likeness (QED) is 0.596. The van der Waals surface area contributed by atoms with Gasteiger partial charge in [-0.05, 0) is 19.1 Å². The molecule has 0 atom stereocenters. The average molecular weight is 410 g/mol. The van der Waals surface area contributed by atoms with Crippen LogP contribution in [0.3, 0.4) is 0 Å². The van der Waals surface area contributed by atoms with Crippen LogP contribution in [0.1, 0.15) is 27.8 Å². The monoisotopic (exact) mass is 410 g/mol. The Bertz CT molecular complexity index is 1020. The minimum absolute atomic E-state index is 0.133. The van der Waals surface area contributed by atoms with Crippen LogP contribution in [0.25, 0.3) is 10.6 Å². The van der Waals surface area contributed by atoms with Gasteiger partial charge in [0.25, 0.3) is 5.91 Å². The third kappa shape index (κ3) is 5.26. The molecule has 0 spiro atoms. The lowest BCUT2D eigenvalue weighted by atomic mass is 10.2. The molecule has 8 heteroatoms. The van der Waals surface area contributed by atoms with E-state index in [9.17, 15) is 14.4 Å². The highest BCUT2D eigenvalue weighted by atomic mass is 32.1. The van der Waals surface area contributed by atoms with Crippen molar-refractivity contribution >= 4 is 34.9 Å². The molecule has 2 aromatic carbocycles. The number of rotatable bonds is 7. The fraction of sp³-hybridized carbons (Fsp3) is 0.143. The Kier molecular flexibility index (Phi) is 6.70. The summed E-state index contributed by atoms with van der Waals surface area (Å²) in [5.41, 5.74) is 1.53. The molecule has 0 aliphatic heterocycles. The van der Waals surface area contributed by atoms with Crippen LogP contribution in [0.5, 0.6) is 0 Å². The molecule has 0 unspecified atom stereocenters. The highest BCUT2D eigenvalue weighted by Crippen LogP contribution is 2.23. The summed E-state index contributed by atoms with van der Waals surface area (Å²) in [4.78, 5) is 40.5. The van der Waals surface area contributed by atoms with E-state index < -0.39 is 24.5 Å². The van der Waals surface area contributed by atoms with Crippen molar-refractivity contribution < 1.29 is 23.9 Å². The predicted molar refractivity (Wildman–Crippen MR) is 109 cm³/mol. The van der Waals surface area contributed by atoms with Crippen molar-refractivity contribution in [2.75, 3.05) is 18.5 Å². The van der Waals surface area contributed by atoms with Gasteiger partial charge in [0.05, 0.1) is 17.9 Å². The van der Waals surface area contributed by atoms with Gasteiger partial charge in [-0.2, -0.15) is 0 Å². The van der Waals surface area contributed by atoms with Crippen LogP contribution in [0.4, 0.5) is 5.69 Å². The number of carbonyl (C=O) groups excluding carboxylic acids is 3. The lowest BCUT2D eigenvalue weighted by Gasteiger charge is -2.10. The molecule has 3 aromatic rings. The lowest BCUT2D eigenvalue weighted by molar-refractivity contribution is -0.119. The Morgan fingerprint density at radius 1 is 0.966 bits per heavy atom. The van der Waals surface area contributed by atoms with Gasteiger partial charge < -0.3 is 14.8 Å². The van der Waals surface area contributed by atoms with E-state index in [1.165, 1.54) is 11.3 Å². The number of hydrogen-bond acceptors (Lipinski definition) is 7. The molecule has 0 radical (unpaired) electrons. The van der Waals surface area contributed by atoms with Crippen LogP contribution in [-0.4, -0.2) is 36.0 Å². The summed E-state index contributed by atoms with van der Waals surface area (Å²) in [6.07, 6.45) is 0. The molecule has 1 heterocycles. The minimum atomic E-state index is -0.697. The zero-order chi connectivity index (χ0) is 20.6. The first-order valence-corrected chi connectivity index (χ1v) is 9.70. The average Bonchev–Trinajstić information content (AvgIpc) is 3.24. The molecule has 0 bridgehead atoms. The lowest BCUT2D eigenvalue weighted by Crippen LogP contribution is -2.22. The Labute approximate surface area is 171 Å². The van der Waals surface area contributed by atoms with Crippen LogP contribution >= 0.6 is 11.3 Å².